The molecule has 3 heterocycles. The van der Waals surface area contributed by atoms with E-state index in [0.717, 1.165) is 59.9 Å². The third-order valence-corrected chi connectivity index (χ3v) is 6.44. The molecule has 5 nitrogen and oxygen atoms in total. The highest BCUT2D eigenvalue weighted by atomic mass is 35.5. The van der Waals surface area contributed by atoms with Crippen molar-refractivity contribution in [3.8, 4) is 0 Å². The molecular weight excluding hydrogens is 420 g/mol. The van der Waals surface area contributed by atoms with E-state index in [0.29, 0.717) is 17.1 Å². The average Bonchev–Trinajstić information content (AvgIpc) is 2.79. The largest absolute Gasteiger partial charge is 0.366 e. The Hall–Kier alpha value is -3.05. The molecule has 1 atom stereocenters. The van der Waals surface area contributed by atoms with Gasteiger partial charge in [-0.05, 0) is 42.8 Å². The van der Waals surface area contributed by atoms with Gasteiger partial charge in [-0.2, -0.15) is 0 Å². The van der Waals surface area contributed by atoms with Crippen LogP contribution in [0.2, 0.25) is 5.02 Å². The SMILES string of the molecule is C=C1NC(c2ccc(Cl)cc2)=NC2=C1CN(C(=C)c1cccn(C)c1=O)CC2CCCC. The van der Waals surface area contributed by atoms with E-state index in [1.165, 1.54) is 0 Å². The maximum atomic E-state index is 12.7. The summed E-state index contributed by atoms with van der Waals surface area (Å²) < 4.78 is 1.59. The monoisotopic (exact) mass is 448 g/mol. The van der Waals surface area contributed by atoms with Gasteiger partial charge in [0.05, 0.1) is 11.3 Å². The lowest BCUT2D eigenvalue weighted by Gasteiger charge is -2.40. The summed E-state index contributed by atoms with van der Waals surface area (Å²) in [7, 11) is 1.76. The van der Waals surface area contributed by atoms with Crippen molar-refractivity contribution >= 4 is 23.1 Å². The number of aryl methyl sites for hydroxylation is 1. The Morgan fingerprint density at radius 3 is 2.75 bits per heavy atom. The predicted octanol–water partition coefficient (Wildman–Crippen LogP) is 4.95. The van der Waals surface area contributed by atoms with Crippen LogP contribution in [-0.2, 0) is 7.05 Å². The molecule has 2 aliphatic heterocycles. The average molecular weight is 449 g/mol. The fourth-order valence-corrected chi connectivity index (χ4v) is 4.45. The lowest BCUT2D eigenvalue weighted by Crippen LogP contribution is -2.42. The molecule has 0 fully saturated rings. The molecule has 0 saturated heterocycles. The molecule has 2 aliphatic rings. The smallest absolute Gasteiger partial charge is 0.259 e. The van der Waals surface area contributed by atoms with Crippen LogP contribution >= 0.6 is 11.6 Å². The van der Waals surface area contributed by atoms with Crippen LogP contribution in [0.5, 0.6) is 0 Å². The van der Waals surface area contributed by atoms with Crippen molar-refractivity contribution in [2.24, 2.45) is 18.0 Å². The minimum atomic E-state index is -0.0361. The highest BCUT2D eigenvalue weighted by Gasteiger charge is 2.33. The first-order valence-electron chi connectivity index (χ1n) is 11.0. The van der Waals surface area contributed by atoms with Gasteiger partial charge in [-0.15, -0.1) is 0 Å². The molecule has 1 unspecified atom stereocenters. The van der Waals surface area contributed by atoms with Crippen LogP contribution in [0.25, 0.3) is 5.70 Å². The fraction of sp³-hybridized carbons (Fsp3) is 0.308. The predicted molar refractivity (Wildman–Crippen MR) is 133 cm³/mol. The molecule has 4 rings (SSSR count). The molecule has 0 saturated carbocycles. The van der Waals surface area contributed by atoms with Crippen molar-refractivity contribution in [1.82, 2.24) is 14.8 Å². The number of aromatic nitrogens is 1. The standard InChI is InChI=1S/C26H29ClN4O/c1-5-6-8-20-15-31(18(3)22-9-7-14-30(4)26(22)32)16-23-17(2)28-25(29-24(20)23)19-10-12-21(27)13-11-19/h7,9-14,20H,2-3,5-6,8,15-16H2,1,4H3,(H,28,29). The van der Waals surface area contributed by atoms with Gasteiger partial charge in [0.15, 0.2) is 0 Å². The summed E-state index contributed by atoms with van der Waals surface area (Å²) in [5.74, 6) is 1.04. The van der Waals surface area contributed by atoms with Crippen LogP contribution in [-0.4, -0.2) is 28.4 Å². The quantitative estimate of drug-likeness (QED) is 0.680. The van der Waals surface area contributed by atoms with Crippen LogP contribution in [0.1, 0.15) is 37.3 Å². The van der Waals surface area contributed by atoms with Crippen LogP contribution in [0.3, 0.4) is 0 Å². The molecule has 0 bridgehead atoms. The first kappa shape index (κ1) is 22.2. The van der Waals surface area contributed by atoms with E-state index < -0.39 is 0 Å². The Morgan fingerprint density at radius 2 is 2.03 bits per heavy atom. The molecule has 0 amide bonds. The molecule has 0 aliphatic carbocycles. The van der Waals surface area contributed by atoms with E-state index in [4.69, 9.17) is 16.6 Å². The number of halogens is 1. The molecule has 6 heteroatoms. The number of hydrogen-bond donors (Lipinski definition) is 1. The zero-order valence-electron chi connectivity index (χ0n) is 18.7. The van der Waals surface area contributed by atoms with Crippen molar-refractivity contribution in [2.45, 2.75) is 26.2 Å². The third-order valence-electron chi connectivity index (χ3n) is 6.19. The van der Waals surface area contributed by atoms with E-state index in [1.54, 1.807) is 17.8 Å². The number of unbranched alkanes of at least 4 members (excludes halogenated alkanes) is 1. The Bertz CT molecular complexity index is 1170. The summed E-state index contributed by atoms with van der Waals surface area (Å²) in [5, 5.41) is 4.08. The van der Waals surface area contributed by atoms with E-state index in [-0.39, 0.29) is 11.5 Å². The van der Waals surface area contributed by atoms with Crippen LogP contribution in [0.4, 0.5) is 0 Å². The highest BCUT2D eigenvalue weighted by Crippen LogP contribution is 2.36. The Balaban J connectivity index is 1.71. The summed E-state index contributed by atoms with van der Waals surface area (Å²) in [4.78, 5) is 19.9. The van der Waals surface area contributed by atoms with Gasteiger partial charge in [0.25, 0.3) is 5.56 Å². The van der Waals surface area contributed by atoms with Crippen molar-refractivity contribution < 1.29 is 0 Å². The zero-order chi connectivity index (χ0) is 22.8. The van der Waals surface area contributed by atoms with Crippen LogP contribution in [0.15, 0.2) is 82.5 Å². The maximum Gasteiger partial charge on any atom is 0.259 e. The van der Waals surface area contributed by atoms with Crippen LogP contribution in [0, 0.1) is 5.92 Å². The van der Waals surface area contributed by atoms with Gasteiger partial charge in [-0.3, -0.25) is 4.79 Å². The number of pyridine rings is 1. The minimum absolute atomic E-state index is 0.0361. The van der Waals surface area contributed by atoms with Crippen molar-refractivity contribution in [1.29, 1.82) is 0 Å². The molecular formula is C26H29ClN4O. The number of amidine groups is 1. The molecule has 1 aromatic carbocycles. The van der Waals surface area contributed by atoms with Gasteiger partial charge in [0, 0.05) is 59.8 Å². The second-order valence-corrected chi connectivity index (χ2v) is 8.88. The number of nitrogens with one attached hydrogen (secondary N) is 1. The molecule has 0 radical (unpaired) electrons. The normalized spacial score (nSPS) is 18.2. The Morgan fingerprint density at radius 1 is 1.28 bits per heavy atom. The fourth-order valence-electron chi connectivity index (χ4n) is 4.33. The second-order valence-electron chi connectivity index (χ2n) is 8.44. The first-order chi connectivity index (χ1) is 15.4. The molecule has 166 valence electrons. The number of benzene rings is 1. The lowest BCUT2D eigenvalue weighted by atomic mass is 9.88. The van der Waals surface area contributed by atoms with E-state index in [1.807, 2.05) is 36.4 Å². The summed E-state index contributed by atoms with van der Waals surface area (Å²) in [6, 6.07) is 11.4. The molecule has 1 N–H and O–H groups in total. The number of hydrogen-bond acceptors (Lipinski definition) is 4. The Kier molecular flexibility index (Phi) is 6.38. The Labute approximate surface area is 194 Å². The minimum Gasteiger partial charge on any atom is -0.366 e. The molecule has 2 aromatic rings. The molecule has 0 spiro atoms. The third kappa shape index (κ3) is 4.30. The van der Waals surface area contributed by atoms with Crippen LogP contribution < -0.4 is 10.9 Å². The van der Waals surface area contributed by atoms with Gasteiger partial charge in [-0.25, -0.2) is 4.99 Å². The van der Waals surface area contributed by atoms with Crippen molar-refractivity contribution in [3.63, 3.8) is 0 Å². The van der Waals surface area contributed by atoms with Gasteiger partial charge >= 0.3 is 0 Å². The van der Waals surface area contributed by atoms with Crippen molar-refractivity contribution in [2.75, 3.05) is 13.1 Å². The highest BCUT2D eigenvalue weighted by molar-refractivity contribution is 6.30. The van der Waals surface area contributed by atoms with Gasteiger partial charge in [0.2, 0.25) is 0 Å². The molecule has 1 aromatic heterocycles. The van der Waals surface area contributed by atoms with Gasteiger partial charge < -0.3 is 14.8 Å². The van der Waals surface area contributed by atoms with E-state index in [2.05, 4.69) is 30.3 Å². The topological polar surface area (TPSA) is 49.6 Å². The van der Waals surface area contributed by atoms with Crippen molar-refractivity contribution in [3.05, 3.63) is 99.2 Å². The zero-order valence-corrected chi connectivity index (χ0v) is 19.5. The van der Waals surface area contributed by atoms with Gasteiger partial charge in [0.1, 0.15) is 5.84 Å². The number of rotatable bonds is 6. The van der Waals surface area contributed by atoms with E-state index >= 15 is 0 Å². The summed E-state index contributed by atoms with van der Waals surface area (Å²) in [5.41, 5.74) is 5.36. The summed E-state index contributed by atoms with van der Waals surface area (Å²) in [6.45, 7) is 12.2. The van der Waals surface area contributed by atoms with Gasteiger partial charge in [-0.1, -0.05) is 44.5 Å². The maximum absolute atomic E-state index is 12.7. The lowest BCUT2D eigenvalue weighted by molar-refractivity contribution is 0.322. The van der Waals surface area contributed by atoms with E-state index in [9.17, 15) is 4.79 Å². The first-order valence-corrected chi connectivity index (χ1v) is 11.4. The number of aliphatic imine (C=N–C) groups is 1. The molecule has 32 heavy (non-hydrogen) atoms. The summed E-state index contributed by atoms with van der Waals surface area (Å²) >= 11 is 6.06. The summed E-state index contributed by atoms with van der Waals surface area (Å²) in [6.07, 6.45) is 5.02. The second kappa shape index (κ2) is 9.21. The number of nitrogens with zero attached hydrogens (tertiary/aromatic N) is 3.